The molecule has 1 unspecified atom stereocenters. The van der Waals surface area contributed by atoms with Gasteiger partial charge in [-0.1, -0.05) is 11.6 Å². The van der Waals surface area contributed by atoms with Crippen molar-refractivity contribution in [3.05, 3.63) is 17.5 Å². The second-order valence-corrected chi connectivity index (χ2v) is 3.77. The minimum atomic E-state index is 0.469. The normalized spacial score (nSPS) is 22.3. The third kappa shape index (κ3) is 1.75. The van der Waals surface area contributed by atoms with Crippen LogP contribution in [-0.4, -0.2) is 22.6 Å². The molecule has 2 heterocycles. The maximum atomic E-state index is 5.77. The molecule has 1 saturated heterocycles. The van der Waals surface area contributed by atoms with E-state index in [0.717, 1.165) is 12.4 Å². The Kier molecular flexibility index (Phi) is 2.36. The second-order valence-electron chi connectivity index (χ2n) is 3.38. The first kappa shape index (κ1) is 8.75. The van der Waals surface area contributed by atoms with Gasteiger partial charge in [0.05, 0.1) is 12.4 Å². The first-order chi connectivity index (χ1) is 6.27. The minimum absolute atomic E-state index is 0.469. The van der Waals surface area contributed by atoms with Crippen molar-refractivity contribution in [1.82, 2.24) is 9.97 Å². The van der Waals surface area contributed by atoms with Gasteiger partial charge >= 0.3 is 0 Å². The lowest BCUT2D eigenvalue weighted by atomic mass is 10.2. The topological polar surface area (TPSA) is 29.0 Å². The van der Waals surface area contributed by atoms with Gasteiger partial charge in [-0.3, -0.25) is 4.98 Å². The van der Waals surface area contributed by atoms with Crippen molar-refractivity contribution in [3.63, 3.8) is 0 Å². The molecule has 4 heteroatoms. The molecule has 1 atom stereocenters. The molecule has 0 saturated carbocycles. The van der Waals surface area contributed by atoms with Crippen molar-refractivity contribution < 1.29 is 0 Å². The van der Waals surface area contributed by atoms with Gasteiger partial charge in [-0.15, -0.1) is 0 Å². The Morgan fingerprint density at radius 2 is 2.38 bits per heavy atom. The SMILES string of the molecule is CC1CCCN1c1cncc(Cl)n1. The smallest absolute Gasteiger partial charge is 0.149 e. The molecule has 1 aromatic rings. The van der Waals surface area contributed by atoms with E-state index in [4.69, 9.17) is 11.6 Å². The molecule has 0 aromatic carbocycles. The summed E-state index contributed by atoms with van der Waals surface area (Å²) >= 11 is 5.77. The van der Waals surface area contributed by atoms with Crippen LogP contribution < -0.4 is 4.90 Å². The molecule has 0 aliphatic carbocycles. The molecule has 0 radical (unpaired) electrons. The number of aromatic nitrogens is 2. The van der Waals surface area contributed by atoms with E-state index in [2.05, 4.69) is 21.8 Å². The Morgan fingerprint density at radius 1 is 1.54 bits per heavy atom. The standard InChI is InChI=1S/C9H12ClN3/c1-7-3-2-4-13(7)9-6-11-5-8(10)12-9/h5-7H,2-4H2,1H3. The highest BCUT2D eigenvalue weighted by Gasteiger charge is 2.21. The van der Waals surface area contributed by atoms with Crippen molar-refractivity contribution in [2.75, 3.05) is 11.4 Å². The zero-order chi connectivity index (χ0) is 9.26. The Labute approximate surface area is 82.8 Å². The zero-order valence-electron chi connectivity index (χ0n) is 7.57. The molecular weight excluding hydrogens is 186 g/mol. The summed E-state index contributed by atoms with van der Waals surface area (Å²) in [4.78, 5) is 10.5. The Hall–Kier alpha value is -0.830. The fourth-order valence-electron chi connectivity index (χ4n) is 1.74. The summed E-state index contributed by atoms with van der Waals surface area (Å²) in [6, 6.07) is 0.563. The number of halogens is 1. The molecule has 0 N–H and O–H groups in total. The van der Waals surface area contributed by atoms with Crippen LogP contribution in [0.1, 0.15) is 19.8 Å². The number of hydrogen-bond donors (Lipinski definition) is 0. The van der Waals surface area contributed by atoms with Crippen LogP contribution in [0, 0.1) is 0 Å². The molecule has 1 aliphatic heterocycles. The van der Waals surface area contributed by atoms with Crippen LogP contribution in [0.4, 0.5) is 5.82 Å². The number of hydrogen-bond acceptors (Lipinski definition) is 3. The predicted octanol–water partition coefficient (Wildman–Crippen LogP) is 2.12. The summed E-state index contributed by atoms with van der Waals surface area (Å²) < 4.78 is 0. The molecule has 0 bridgehead atoms. The van der Waals surface area contributed by atoms with Gasteiger partial charge in [0.25, 0.3) is 0 Å². The van der Waals surface area contributed by atoms with Crippen molar-refractivity contribution in [3.8, 4) is 0 Å². The zero-order valence-corrected chi connectivity index (χ0v) is 8.33. The quantitative estimate of drug-likeness (QED) is 0.691. The maximum Gasteiger partial charge on any atom is 0.149 e. The van der Waals surface area contributed by atoms with E-state index >= 15 is 0 Å². The van der Waals surface area contributed by atoms with Gasteiger partial charge in [-0.05, 0) is 19.8 Å². The number of nitrogens with zero attached hydrogens (tertiary/aromatic N) is 3. The molecule has 0 spiro atoms. The van der Waals surface area contributed by atoms with E-state index < -0.39 is 0 Å². The van der Waals surface area contributed by atoms with Gasteiger partial charge in [-0.2, -0.15) is 0 Å². The fraction of sp³-hybridized carbons (Fsp3) is 0.556. The van der Waals surface area contributed by atoms with E-state index in [0.29, 0.717) is 11.2 Å². The monoisotopic (exact) mass is 197 g/mol. The van der Waals surface area contributed by atoms with E-state index in [1.165, 1.54) is 12.8 Å². The van der Waals surface area contributed by atoms with Crippen LogP contribution in [0.5, 0.6) is 0 Å². The molecule has 0 amide bonds. The number of anilines is 1. The third-order valence-electron chi connectivity index (χ3n) is 2.44. The third-order valence-corrected chi connectivity index (χ3v) is 2.62. The Morgan fingerprint density at radius 3 is 3.00 bits per heavy atom. The first-order valence-electron chi connectivity index (χ1n) is 4.51. The molecule has 1 aliphatic rings. The average Bonchev–Trinajstić information content (AvgIpc) is 2.51. The van der Waals surface area contributed by atoms with Crippen LogP contribution >= 0.6 is 11.6 Å². The lowest BCUT2D eigenvalue weighted by Gasteiger charge is -2.21. The Bertz CT molecular complexity index is 303. The van der Waals surface area contributed by atoms with Crippen molar-refractivity contribution in [2.24, 2.45) is 0 Å². The van der Waals surface area contributed by atoms with Crippen LogP contribution in [-0.2, 0) is 0 Å². The summed E-state index contributed by atoms with van der Waals surface area (Å²) in [7, 11) is 0. The van der Waals surface area contributed by atoms with E-state index in [1.54, 1.807) is 12.4 Å². The molecular formula is C9H12ClN3. The lowest BCUT2D eigenvalue weighted by Crippen LogP contribution is -2.27. The molecule has 1 fully saturated rings. The molecule has 70 valence electrons. The minimum Gasteiger partial charge on any atom is -0.353 e. The van der Waals surface area contributed by atoms with Crippen LogP contribution in [0.25, 0.3) is 0 Å². The van der Waals surface area contributed by atoms with Gasteiger partial charge in [0, 0.05) is 12.6 Å². The molecule has 1 aromatic heterocycles. The van der Waals surface area contributed by atoms with Crippen molar-refractivity contribution in [2.45, 2.75) is 25.8 Å². The summed E-state index contributed by atoms with van der Waals surface area (Å²) in [6.45, 7) is 3.27. The van der Waals surface area contributed by atoms with Crippen molar-refractivity contribution >= 4 is 17.4 Å². The van der Waals surface area contributed by atoms with E-state index in [-0.39, 0.29) is 0 Å². The maximum absolute atomic E-state index is 5.77. The summed E-state index contributed by atoms with van der Waals surface area (Å²) in [6.07, 6.45) is 5.79. The van der Waals surface area contributed by atoms with E-state index in [1.807, 2.05) is 0 Å². The van der Waals surface area contributed by atoms with Gasteiger partial charge in [0.2, 0.25) is 0 Å². The van der Waals surface area contributed by atoms with Crippen molar-refractivity contribution in [1.29, 1.82) is 0 Å². The van der Waals surface area contributed by atoms with Gasteiger partial charge in [0.15, 0.2) is 0 Å². The Balaban J connectivity index is 2.24. The summed E-state index contributed by atoms with van der Waals surface area (Å²) in [5.74, 6) is 0.900. The number of rotatable bonds is 1. The molecule has 2 rings (SSSR count). The second kappa shape index (κ2) is 3.50. The lowest BCUT2D eigenvalue weighted by molar-refractivity contribution is 0.725. The summed E-state index contributed by atoms with van der Waals surface area (Å²) in [5, 5.41) is 0.469. The largest absolute Gasteiger partial charge is 0.353 e. The van der Waals surface area contributed by atoms with Gasteiger partial charge < -0.3 is 4.90 Å². The van der Waals surface area contributed by atoms with Crippen LogP contribution in [0.3, 0.4) is 0 Å². The van der Waals surface area contributed by atoms with Crippen LogP contribution in [0.15, 0.2) is 12.4 Å². The average molecular weight is 198 g/mol. The van der Waals surface area contributed by atoms with Crippen LogP contribution in [0.2, 0.25) is 5.15 Å². The molecule has 13 heavy (non-hydrogen) atoms. The molecule has 3 nitrogen and oxygen atoms in total. The highest BCUT2D eigenvalue weighted by molar-refractivity contribution is 6.29. The fourth-order valence-corrected chi connectivity index (χ4v) is 1.89. The van der Waals surface area contributed by atoms with E-state index in [9.17, 15) is 0 Å². The predicted molar refractivity (Wildman–Crippen MR) is 53.1 cm³/mol. The van der Waals surface area contributed by atoms with Gasteiger partial charge in [-0.25, -0.2) is 4.98 Å². The summed E-state index contributed by atoms with van der Waals surface area (Å²) in [5.41, 5.74) is 0. The first-order valence-corrected chi connectivity index (χ1v) is 4.89. The highest BCUT2D eigenvalue weighted by atomic mass is 35.5. The highest BCUT2D eigenvalue weighted by Crippen LogP contribution is 2.23. The van der Waals surface area contributed by atoms with Gasteiger partial charge in [0.1, 0.15) is 11.0 Å².